The summed E-state index contributed by atoms with van der Waals surface area (Å²) in [6.07, 6.45) is 0. The van der Waals surface area contributed by atoms with E-state index in [9.17, 15) is 5.11 Å². The minimum atomic E-state index is 0.157. The van der Waals surface area contributed by atoms with Gasteiger partial charge in [-0.05, 0) is 24.6 Å². The quantitative estimate of drug-likeness (QED) is 0.735. The van der Waals surface area contributed by atoms with Crippen LogP contribution in [0.5, 0.6) is 5.75 Å². The number of hydrogen-bond acceptors (Lipinski definition) is 1. The van der Waals surface area contributed by atoms with E-state index in [0.29, 0.717) is 5.02 Å². The molecule has 0 saturated heterocycles. The van der Waals surface area contributed by atoms with E-state index in [1.54, 1.807) is 19.1 Å². The Balaban J connectivity index is 0.000000561. The van der Waals surface area contributed by atoms with Crippen LogP contribution in [0.4, 0.5) is 0 Å². The second kappa shape index (κ2) is 5.44. The Morgan fingerprint density at radius 2 is 1.83 bits per heavy atom. The minimum Gasteiger partial charge on any atom is -0.506 e. The van der Waals surface area contributed by atoms with E-state index in [0.717, 1.165) is 10.0 Å². The Hall–Kier alpha value is -0.210. The molecule has 0 heterocycles. The summed E-state index contributed by atoms with van der Waals surface area (Å²) >= 11 is 8.89. The predicted molar refractivity (Wildman–Crippen MR) is 56.9 cm³/mol. The average Bonchev–Trinajstić information content (AvgIpc) is 2.04. The first-order chi connectivity index (χ1) is 5.61. The average molecular weight is 252 g/mol. The zero-order valence-electron chi connectivity index (χ0n) is 7.36. The highest BCUT2D eigenvalue weighted by atomic mass is 79.9. The molecule has 0 aliphatic rings. The summed E-state index contributed by atoms with van der Waals surface area (Å²) in [6, 6.07) is 3.46. The number of aromatic hydroxyl groups is 1. The molecule has 0 bridgehead atoms. The summed E-state index contributed by atoms with van der Waals surface area (Å²) in [6.45, 7) is 5.80. The maximum absolute atomic E-state index is 9.18. The largest absolute Gasteiger partial charge is 0.506 e. The third-order valence-corrected chi connectivity index (χ3v) is 1.96. The van der Waals surface area contributed by atoms with E-state index in [1.165, 1.54) is 0 Å². The molecule has 68 valence electrons. The summed E-state index contributed by atoms with van der Waals surface area (Å²) in [4.78, 5) is 0. The molecule has 0 fully saturated rings. The second-order valence-corrected chi connectivity index (χ2v) is 3.38. The van der Waals surface area contributed by atoms with Crippen LogP contribution in [0, 0.1) is 6.92 Å². The molecule has 0 amide bonds. The van der Waals surface area contributed by atoms with Gasteiger partial charge >= 0.3 is 0 Å². The summed E-state index contributed by atoms with van der Waals surface area (Å²) in [5, 5.41) is 9.56. The lowest BCUT2D eigenvalue weighted by atomic mass is 10.2. The molecular formula is C9H12BrClO. The van der Waals surface area contributed by atoms with E-state index < -0.39 is 0 Å². The van der Waals surface area contributed by atoms with E-state index in [1.807, 2.05) is 13.8 Å². The van der Waals surface area contributed by atoms with Crippen LogP contribution in [0.15, 0.2) is 16.6 Å². The van der Waals surface area contributed by atoms with Crippen LogP contribution in [0.2, 0.25) is 5.02 Å². The van der Waals surface area contributed by atoms with Gasteiger partial charge in [-0.25, -0.2) is 0 Å². The van der Waals surface area contributed by atoms with Crippen LogP contribution in [-0.2, 0) is 0 Å². The fourth-order valence-corrected chi connectivity index (χ4v) is 1.67. The summed E-state index contributed by atoms with van der Waals surface area (Å²) in [5.41, 5.74) is 0.777. The van der Waals surface area contributed by atoms with Crippen molar-refractivity contribution >= 4 is 27.5 Å². The Bertz CT molecular complexity index is 238. The monoisotopic (exact) mass is 250 g/mol. The molecule has 0 aliphatic carbocycles. The zero-order valence-corrected chi connectivity index (χ0v) is 9.70. The molecular weight excluding hydrogens is 239 g/mol. The number of hydrogen-bond donors (Lipinski definition) is 1. The smallest absolute Gasteiger partial charge is 0.137 e. The van der Waals surface area contributed by atoms with E-state index in [4.69, 9.17) is 11.6 Å². The summed E-state index contributed by atoms with van der Waals surface area (Å²) in [7, 11) is 0. The Morgan fingerprint density at radius 3 is 2.25 bits per heavy atom. The highest BCUT2D eigenvalue weighted by molar-refractivity contribution is 9.10. The van der Waals surface area contributed by atoms with Crippen LogP contribution in [-0.4, -0.2) is 5.11 Å². The van der Waals surface area contributed by atoms with Crippen molar-refractivity contribution in [3.05, 3.63) is 27.2 Å². The fraction of sp³-hybridized carbons (Fsp3) is 0.333. The van der Waals surface area contributed by atoms with Crippen LogP contribution in [0.3, 0.4) is 0 Å². The van der Waals surface area contributed by atoms with Crippen LogP contribution < -0.4 is 0 Å². The van der Waals surface area contributed by atoms with Gasteiger partial charge in [0.15, 0.2) is 0 Å². The van der Waals surface area contributed by atoms with Crippen molar-refractivity contribution in [2.24, 2.45) is 0 Å². The first kappa shape index (κ1) is 11.8. The molecule has 0 aliphatic heterocycles. The van der Waals surface area contributed by atoms with Crippen molar-refractivity contribution in [2.45, 2.75) is 20.8 Å². The number of halogens is 2. The van der Waals surface area contributed by atoms with Crippen LogP contribution >= 0.6 is 27.5 Å². The molecule has 0 unspecified atom stereocenters. The highest BCUT2D eigenvalue weighted by Crippen LogP contribution is 2.30. The van der Waals surface area contributed by atoms with Crippen molar-refractivity contribution in [1.29, 1.82) is 0 Å². The molecule has 0 spiro atoms. The van der Waals surface area contributed by atoms with E-state index >= 15 is 0 Å². The molecule has 3 heteroatoms. The van der Waals surface area contributed by atoms with Gasteiger partial charge < -0.3 is 5.11 Å². The highest BCUT2D eigenvalue weighted by Gasteiger charge is 2.01. The zero-order chi connectivity index (χ0) is 9.72. The molecule has 1 rings (SSSR count). The number of benzene rings is 1. The number of rotatable bonds is 0. The second-order valence-electron chi connectivity index (χ2n) is 2.05. The summed E-state index contributed by atoms with van der Waals surface area (Å²) < 4.78 is 0.882. The van der Waals surface area contributed by atoms with Gasteiger partial charge in [0.2, 0.25) is 0 Å². The first-order valence-corrected chi connectivity index (χ1v) is 4.93. The third-order valence-electron chi connectivity index (χ3n) is 1.22. The molecule has 1 aromatic rings. The van der Waals surface area contributed by atoms with Crippen molar-refractivity contribution in [2.75, 3.05) is 0 Å². The summed E-state index contributed by atoms with van der Waals surface area (Å²) in [5.74, 6) is 0.157. The molecule has 0 aromatic heterocycles. The van der Waals surface area contributed by atoms with Crippen molar-refractivity contribution in [3.63, 3.8) is 0 Å². The Kier molecular flexibility index (Phi) is 5.34. The van der Waals surface area contributed by atoms with Crippen LogP contribution in [0.25, 0.3) is 0 Å². The lowest BCUT2D eigenvalue weighted by molar-refractivity contribution is 0.471. The molecule has 1 N–H and O–H groups in total. The van der Waals surface area contributed by atoms with E-state index in [2.05, 4.69) is 15.9 Å². The molecule has 0 atom stereocenters. The fourth-order valence-electron chi connectivity index (χ4n) is 0.695. The number of aryl methyl sites for hydroxylation is 1. The first-order valence-electron chi connectivity index (χ1n) is 3.76. The van der Waals surface area contributed by atoms with Crippen molar-refractivity contribution in [3.8, 4) is 5.75 Å². The molecule has 0 radical (unpaired) electrons. The Morgan fingerprint density at radius 1 is 1.33 bits per heavy atom. The molecule has 12 heavy (non-hydrogen) atoms. The van der Waals surface area contributed by atoms with Gasteiger partial charge in [0.1, 0.15) is 5.75 Å². The van der Waals surface area contributed by atoms with Gasteiger partial charge in [0, 0.05) is 4.47 Å². The van der Waals surface area contributed by atoms with Gasteiger partial charge in [-0.3, -0.25) is 0 Å². The van der Waals surface area contributed by atoms with Gasteiger partial charge in [-0.1, -0.05) is 41.4 Å². The van der Waals surface area contributed by atoms with Gasteiger partial charge in [0.05, 0.1) is 5.02 Å². The predicted octanol–water partition coefficient (Wildman–Crippen LogP) is 4.14. The van der Waals surface area contributed by atoms with E-state index in [-0.39, 0.29) is 5.75 Å². The SMILES string of the molecule is CC.Cc1cc(Br)cc(Cl)c1O. The minimum absolute atomic E-state index is 0.157. The molecule has 1 aromatic carbocycles. The van der Waals surface area contributed by atoms with Gasteiger partial charge in [0.25, 0.3) is 0 Å². The van der Waals surface area contributed by atoms with Crippen LogP contribution in [0.1, 0.15) is 19.4 Å². The maximum Gasteiger partial charge on any atom is 0.137 e. The Labute approximate surface area is 86.5 Å². The number of phenols is 1. The lowest BCUT2D eigenvalue weighted by Crippen LogP contribution is -1.75. The van der Waals surface area contributed by atoms with Crippen molar-refractivity contribution in [1.82, 2.24) is 0 Å². The van der Waals surface area contributed by atoms with Gasteiger partial charge in [-0.15, -0.1) is 0 Å². The number of phenolic OH excluding ortho intramolecular Hbond substituents is 1. The van der Waals surface area contributed by atoms with Gasteiger partial charge in [-0.2, -0.15) is 0 Å². The van der Waals surface area contributed by atoms with Crippen molar-refractivity contribution < 1.29 is 5.11 Å². The maximum atomic E-state index is 9.18. The standard InChI is InChI=1S/C7H6BrClO.C2H6/c1-4-2-5(8)3-6(9)7(4)10;1-2/h2-3,10H,1H3;1-2H3. The molecule has 0 saturated carbocycles. The molecule has 1 nitrogen and oxygen atoms in total. The third kappa shape index (κ3) is 3.03. The lowest BCUT2D eigenvalue weighted by Gasteiger charge is -2.00. The normalized spacial score (nSPS) is 8.75. The topological polar surface area (TPSA) is 20.2 Å².